The quantitative estimate of drug-likeness (QED) is 0.598. The Labute approximate surface area is 197 Å². The van der Waals surface area contributed by atoms with E-state index in [-0.39, 0.29) is 23.2 Å². The number of carbonyl (C=O) groups excluding carboxylic acids is 1. The lowest BCUT2D eigenvalue weighted by Crippen LogP contribution is -2.58. The Bertz CT molecular complexity index is 847. The molecule has 0 saturated carbocycles. The molecular formula is C25H43N3O3Si. The van der Waals surface area contributed by atoms with Crippen molar-refractivity contribution in [2.75, 3.05) is 18.0 Å². The summed E-state index contributed by atoms with van der Waals surface area (Å²) in [5.41, 5.74) is 1.36. The minimum atomic E-state index is -0.744. The highest BCUT2D eigenvalue weighted by Crippen LogP contribution is 2.39. The van der Waals surface area contributed by atoms with Gasteiger partial charge in [-0.1, -0.05) is 33.8 Å². The van der Waals surface area contributed by atoms with E-state index in [0.717, 1.165) is 17.9 Å². The average Bonchev–Trinajstić information content (AvgIpc) is 3.03. The van der Waals surface area contributed by atoms with Gasteiger partial charge in [-0.15, -0.1) is 0 Å². The number of hydrogen-bond donors (Lipinski definition) is 0. The third-order valence-electron chi connectivity index (χ3n) is 7.08. The predicted octanol–water partition coefficient (Wildman–Crippen LogP) is 4.64. The van der Waals surface area contributed by atoms with Crippen molar-refractivity contribution in [3.63, 3.8) is 0 Å². The van der Waals surface area contributed by atoms with Crippen LogP contribution in [0.15, 0.2) is 12.1 Å². The van der Waals surface area contributed by atoms with Gasteiger partial charge in [0.2, 0.25) is 0 Å². The smallest absolute Gasteiger partial charge is 0.410 e. The van der Waals surface area contributed by atoms with E-state index in [2.05, 4.69) is 65.5 Å². The van der Waals surface area contributed by atoms with Crippen LogP contribution in [0.5, 0.6) is 0 Å². The third kappa shape index (κ3) is 5.30. The zero-order valence-corrected chi connectivity index (χ0v) is 23.2. The Morgan fingerprint density at radius 2 is 1.78 bits per heavy atom. The summed E-state index contributed by atoms with van der Waals surface area (Å²) >= 11 is 0. The second kappa shape index (κ2) is 8.63. The Hall–Kier alpha value is -1.60. The monoisotopic (exact) mass is 461 g/mol. The zero-order chi connectivity index (χ0) is 24.1. The van der Waals surface area contributed by atoms with Crippen molar-refractivity contribution in [2.24, 2.45) is 5.92 Å². The molecule has 7 heteroatoms. The molecule has 2 aliphatic rings. The van der Waals surface area contributed by atoms with Gasteiger partial charge in [0.15, 0.2) is 9.76 Å². The van der Waals surface area contributed by atoms with Gasteiger partial charge in [-0.05, 0) is 70.5 Å². The van der Waals surface area contributed by atoms with Gasteiger partial charge in [-0.25, -0.2) is 9.78 Å². The second-order valence-corrected chi connectivity index (χ2v) is 14.5. The Morgan fingerprint density at radius 1 is 1.12 bits per heavy atom. The van der Waals surface area contributed by atoms with Crippen molar-refractivity contribution >= 4 is 21.7 Å². The van der Waals surface area contributed by atoms with Crippen LogP contribution in [-0.2, 0) is 21.2 Å². The minimum absolute atomic E-state index is 0.184. The number of hydrogen-bond acceptors (Lipinski definition) is 5. The highest BCUT2D eigenvalue weighted by Gasteiger charge is 2.42. The first-order chi connectivity index (χ1) is 14.6. The molecule has 2 atom stereocenters. The minimum Gasteiger partial charge on any atom is -0.444 e. The average molecular weight is 462 g/mol. The second-order valence-electron chi connectivity index (χ2n) is 12.1. The van der Waals surface area contributed by atoms with E-state index >= 15 is 0 Å². The molecule has 0 spiro atoms. The number of fused-ring (bicyclic) bond motifs is 3. The Kier molecular flexibility index (Phi) is 6.75. The van der Waals surface area contributed by atoms with Crippen LogP contribution in [0.4, 0.5) is 10.6 Å². The van der Waals surface area contributed by atoms with Gasteiger partial charge in [0, 0.05) is 19.1 Å². The van der Waals surface area contributed by atoms with Crippen molar-refractivity contribution in [1.82, 2.24) is 9.88 Å². The number of rotatable bonds is 5. The molecule has 0 unspecified atom stereocenters. The van der Waals surface area contributed by atoms with Gasteiger partial charge in [0.1, 0.15) is 11.4 Å². The standard InChI is InChI=1S/C25H43N3O3Si/c1-16(2)25(9,10)32-31-24(7,8)20-12-11-18-13-19-15-27(22(29)30-23(4,5)6)14-17(3)28(19)21(18)26-20/h11-12,16-17,19H,13-15,32H2,1-10H3/t17-,19-/m1/s1. The summed E-state index contributed by atoms with van der Waals surface area (Å²) in [6.45, 7) is 22.7. The summed E-state index contributed by atoms with van der Waals surface area (Å²) in [7, 11) is -0.744. The molecule has 1 saturated heterocycles. The summed E-state index contributed by atoms with van der Waals surface area (Å²) in [6, 6.07) is 4.76. The SMILES string of the molecule is CC(C)C(C)(C)[SiH2]OC(C)(C)c1ccc2c(n1)N1[C@H](C2)CN(C(=O)OC(C)(C)C)C[C@H]1C. The fourth-order valence-corrected chi connectivity index (χ4v) is 5.47. The molecule has 32 heavy (non-hydrogen) atoms. The fraction of sp³-hybridized carbons (Fsp3) is 0.760. The maximum absolute atomic E-state index is 12.7. The number of carbonyl (C=O) groups is 1. The fourth-order valence-electron chi connectivity index (χ4n) is 4.26. The topological polar surface area (TPSA) is 54.9 Å². The van der Waals surface area contributed by atoms with Gasteiger partial charge in [-0.2, -0.15) is 0 Å². The number of aromatic nitrogens is 1. The van der Waals surface area contributed by atoms with Crippen molar-refractivity contribution in [3.8, 4) is 0 Å². The largest absolute Gasteiger partial charge is 0.444 e. The number of ether oxygens (including phenoxy) is 1. The van der Waals surface area contributed by atoms with Crippen LogP contribution in [0, 0.1) is 5.92 Å². The van der Waals surface area contributed by atoms with Crippen LogP contribution in [0.3, 0.4) is 0 Å². The molecule has 1 fully saturated rings. The number of pyridine rings is 1. The van der Waals surface area contributed by atoms with Gasteiger partial charge in [0.25, 0.3) is 0 Å². The Balaban J connectivity index is 1.76. The molecule has 1 amide bonds. The van der Waals surface area contributed by atoms with Crippen LogP contribution in [0.25, 0.3) is 0 Å². The summed E-state index contributed by atoms with van der Waals surface area (Å²) in [5, 5.41) is 0.242. The van der Waals surface area contributed by atoms with Crippen molar-refractivity contribution < 1.29 is 14.0 Å². The summed E-state index contributed by atoms with van der Waals surface area (Å²) in [4.78, 5) is 22.1. The molecule has 3 rings (SSSR count). The molecule has 0 N–H and O–H groups in total. The predicted molar refractivity (Wildman–Crippen MR) is 133 cm³/mol. The maximum atomic E-state index is 12.7. The van der Waals surface area contributed by atoms with Crippen LogP contribution in [0.1, 0.15) is 80.5 Å². The molecule has 1 aromatic rings. The number of nitrogens with zero attached hydrogens (tertiary/aromatic N) is 3. The highest BCUT2D eigenvalue weighted by atomic mass is 28.2. The molecule has 2 aliphatic heterocycles. The summed E-state index contributed by atoms with van der Waals surface area (Å²) in [5.74, 6) is 1.66. The summed E-state index contributed by atoms with van der Waals surface area (Å²) in [6.07, 6.45) is 0.684. The molecule has 0 aromatic carbocycles. The van der Waals surface area contributed by atoms with Gasteiger partial charge < -0.3 is 19.0 Å². The van der Waals surface area contributed by atoms with E-state index in [1.807, 2.05) is 25.7 Å². The van der Waals surface area contributed by atoms with E-state index in [4.69, 9.17) is 14.1 Å². The number of anilines is 1. The molecule has 0 radical (unpaired) electrons. The molecular weight excluding hydrogens is 418 g/mol. The Morgan fingerprint density at radius 3 is 2.38 bits per heavy atom. The van der Waals surface area contributed by atoms with Crippen molar-refractivity contribution in [3.05, 3.63) is 23.4 Å². The van der Waals surface area contributed by atoms with E-state index in [0.29, 0.717) is 19.0 Å². The van der Waals surface area contributed by atoms with E-state index in [9.17, 15) is 4.79 Å². The molecule has 0 aliphatic carbocycles. The van der Waals surface area contributed by atoms with Crippen molar-refractivity contribution in [2.45, 2.75) is 104 Å². The molecule has 6 nitrogen and oxygen atoms in total. The molecule has 3 heterocycles. The van der Waals surface area contributed by atoms with Gasteiger partial charge in [0.05, 0.1) is 17.3 Å². The lowest BCUT2D eigenvalue weighted by molar-refractivity contribution is 0.0191. The lowest BCUT2D eigenvalue weighted by atomic mass is 9.99. The van der Waals surface area contributed by atoms with Crippen LogP contribution in [0.2, 0.25) is 5.04 Å². The zero-order valence-electron chi connectivity index (χ0n) is 21.8. The van der Waals surface area contributed by atoms with Gasteiger partial charge in [-0.3, -0.25) is 0 Å². The first-order valence-corrected chi connectivity index (χ1v) is 13.3. The first-order valence-electron chi connectivity index (χ1n) is 12.0. The maximum Gasteiger partial charge on any atom is 0.410 e. The van der Waals surface area contributed by atoms with E-state index in [1.165, 1.54) is 5.56 Å². The summed E-state index contributed by atoms with van der Waals surface area (Å²) < 4.78 is 12.2. The van der Waals surface area contributed by atoms with Gasteiger partial charge >= 0.3 is 6.09 Å². The normalized spacial score (nSPS) is 22.0. The van der Waals surface area contributed by atoms with Crippen molar-refractivity contribution in [1.29, 1.82) is 0 Å². The number of amides is 1. The lowest BCUT2D eigenvalue weighted by Gasteiger charge is -2.43. The number of piperazine rings is 1. The van der Waals surface area contributed by atoms with Crippen LogP contribution < -0.4 is 4.90 Å². The molecule has 1 aromatic heterocycles. The first kappa shape index (κ1) is 25.0. The van der Waals surface area contributed by atoms with Crippen LogP contribution >= 0.6 is 0 Å². The van der Waals surface area contributed by atoms with E-state index in [1.54, 1.807) is 0 Å². The third-order valence-corrected chi connectivity index (χ3v) is 9.50. The van der Waals surface area contributed by atoms with E-state index < -0.39 is 21.0 Å². The highest BCUT2D eigenvalue weighted by molar-refractivity contribution is 6.32. The molecule has 180 valence electrons. The molecule has 0 bridgehead atoms. The van der Waals surface area contributed by atoms with Crippen LogP contribution in [-0.4, -0.2) is 56.5 Å².